The van der Waals surface area contributed by atoms with Gasteiger partial charge in [0.25, 0.3) is 0 Å². The Morgan fingerprint density at radius 3 is 2.80 bits per heavy atom. The SMILES string of the molecule is Cc1cccc(C2(C)CC(O)c3ccc(F)cc3O2)c1. The molecule has 2 nitrogen and oxygen atoms in total. The first-order valence-corrected chi connectivity index (χ1v) is 6.72. The van der Waals surface area contributed by atoms with Gasteiger partial charge in [-0.25, -0.2) is 4.39 Å². The lowest BCUT2D eigenvalue weighted by atomic mass is 9.84. The molecule has 0 saturated carbocycles. The standard InChI is InChI=1S/C17H17FO2/c1-11-4-3-5-12(8-11)17(2)10-15(19)14-7-6-13(18)9-16(14)20-17/h3-9,15,19H,10H2,1-2H3. The highest BCUT2D eigenvalue weighted by atomic mass is 19.1. The van der Waals surface area contributed by atoms with Crippen molar-refractivity contribution in [2.45, 2.75) is 32.0 Å². The third-order valence-electron chi connectivity index (χ3n) is 3.88. The first-order valence-electron chi connectivity index (χ1n) is 6.72. The molecule has 2 unspecified atom stereocenters. The van der Waals surface area contributed by atoms with Crippen LogP contribution in [0.4, 0.5) is 4.39 Å². The van der Waals surface area contributed by atoms with Gasteiger partial charge in [0.15, 0.2) is 0 Å². The number of benzene rings is 2. The fourth-order valence-corrected chi connectivity index (χ4v) is 2.79. The molecule has 0 fully saturated rings. The van der Waals surface area contributed by atoms with Crippen molar-refractivity contribution in [3.05, 3.63) is 65.0 Å². The number of aliphatic hydroxyl groups is 1. The third kappa shape index (κ3) is 2.18. The van der Waals surface area contributed by atoms with E-state index in [-0.39, 0.29) is 5.82 Å². The molecule has 0 amide bonds. The van der Waals surface area contributed by atoms with E-state index in [4.69, 9.17) is 4.74 Å². The second-order valence-electron chi connectivity index (χ2n) is 5.60. The molecule has 104 valence electrons. The molecule has 0 spiro atoms. The number of hydrogen-bond donors (Lipinski definition) is 1. The second kappa shape index (κ2) is 4.60. The Labute approximate surface area is 117 Å². The zero-order chi connectivity index (χ0) is 14.3. The van der Waals surface area contributed by atoms with E-state index < -0.39 is 11.7 Å². The molecule has 2 aromatic carbocycles. The van der Waals surface area contributed by atoms with Crippen LogP contribution in [0.2, 0.25) is 0 Å². The highest BCUT2D eigenvalue weighted by Gasteiger charge is 2.38. The number of aliphatic hydroxyl groups excluding tert-OH is 1. The summed E-state index contributed by atoms with van der Waals surface area (Å²) in [6, 6.07) is 12.3. The molecular weight excluding hydrogens is 255 g/mol. The maximum Gasteiger partial charge on any atom is 0.134 e. The van der Waals surface area contributed by atoms with Crippen molar-refractivity contribution < 1.29 is 14.2 Å². The third-order valence-corrected chi connectivity index (χ3v) is 3.88. The molecule has 0 radical (unpaired) electrons. The molecule has 0 aliphatic carbocycles. The lowest BCUT2D eigenvalue weighted by Crippen LogP contribution is -2.35. The summed E-state index contributed by atoms with van der Waals surface area (Å²) in [6.45, 7) is 3.94. The molecule has 0 saturated heterocycles. The zero-order valence-corrected chi connectivity index (χ0v) is 11.6. The topological polar surface area (TPSA) is 29.5 Å². The van der Waals surface area contributed by atoms with Gasteiger partial charge in [-0.2, -0.15) is 0 Å². The molecule has 2 atom stereocenters. The summed E-state index contributed by atoms with van der Waals surface area (Å²) in [5, 5.41) is 10.3. The maximum atomic E-state index is 13.4. The Morgan fingerprint density at radius 1 is 1.25 bits per heavy atom. The highest BCUT2D eigenvalue weighted by Crippen LogP contribution is 2.44. The smallest absolute Gasteiger partial charge is 0.134 e. The van der Waals surface area contributed by atoms with Gasteiger partial charge in [0, 0.05) is 18.1 Å². The summed E-state index contributed by atoms with van der Waals surface area (Å²) in [5.74, 6) is 0.0669. The Morgan fingerprint density at radius 2 is 2.05 bits per heavy atom. The first kappa shape index (κ1) is 13.1. The van der Waals surface area contributed by atoms with Gasteiger partial charge < -0.3 is 9.84 Å². The number of aryl methyl sites for hydroxylation is 1. The van der Waals surface area contributed by atoms with Crippen molar-refractivity contribution in [3.8, 4) is 5.75 Å². The fraction of sp³-hybridized carbons (Fsp3) is 0.294. The van der Waals surface area contributed by atoms with E-state index in [9.17, 15) is 9.50 Å². The van der Waals surface area contributed by atoms with Crippen LogP contribution in [-0.4, -0.2) is 5.11 Å². The Hall–Kier alpha value is -1.87. The molecular formula is C17H17FO2. The summed E-state index contributed by atoms with van der Waals surface area (Å²) in [4.78, 5) is 0. The van der Waals surface area contributed by atoms with Crippen LogP contribution in [0.15, 0.2) is 42.5 Å². The van der Waals surface area contributed by atoms with Gasteiger partial charge in [-0.3, -0.25) is 0 Å². The highest BCUT2D eigenvalue weighted by molar-refractivity contribution is 5.41. The summed E-state index contributed by atoms with van der Waals surface area (Å²) >= 11 is 0. The van der Waals surface area contributed by atoms with Gasteiger partial charge >= 0.3 is 0 Å². The van der Waals surface area contributed by atoms with Gasteiger partial charge in [0.2, 0.25) is 0 Å². The summed E-state index contributed by atoms with van der Waals surface area (Å²) < 4.78 is 19.4. The van der Waals surface area contributed by atoms with E-state index in [2.05, 4.69) is 0 Å². The van der Waals surface area contributed by atoms with Gasteiger partial charge in [-0.15, -0.1) is 0 Å². The molecule has 3 rings (SSSR count). The quantitative estimate of drug-likeness (QED) is 0.854. The molecule has 1 aliphatic heterocycles. The fourth-order valence-electron chi connectivity index (χ4n) is 2.79. The van der Waals surface area contributed by atoms with Crippen molar-refractivity contribution in [1.29, 1.82) is 0 Å². The van der Waals surface area contributed by atoms with Crippen molar-refractivity contribution in [3.63, 3.8) is 0 Å². The van der Waals surface area contributed by atoms with Gasteiger partial charge in [-0.05, 0) is 31.5 Å². The van der Waals surface area contributed by atoms with E-state index in [1.165, 1.54) is 12.1 Å². The Kier molecular flexibility index (Phi) is 3.02. The summed E-state index contributed by atoms with van der Waals surface area (Å²) in [6.07, 6.45) is -0.195. The average molecular weight is 272 g/mol. The molecule has 2 aromatic rings. The summed E-state index contributed by atoms with van der Waals surface area (Å²) in [7, 11) is 0. The van der Waals surface area contributed by atoms with Crippen molar-refractivity contribution in [1.82, 2.24) is 0 Å². The van der Waals surface area contributed by atoms with Gasteiger partial charge in [0.05, 0.1) is 6.10 Å². The average Bonchev–Trinajstić information content (AvgIpc) is 2.38. The number of fused-ring (bicyclic) bond motifs is 1. The lowest BCUT2D eigenvalue weighted by molar-refractivity contribution is -0.00518. The van der Waals surface area contributed by atoms with Crippen LogP contribution in [-0.2, 0) is 5.60 Å². The van der Waals surface area contributed by atoms with E-state index in [0.29, 0.717) is 17.7 Å². The van der Waals surface area contributed by atoms with E-state index in [1.807, 2.05) is 38.1 Å². The van der Waals surface area contributed by atoms with Crippen LogP contribution in [0.3, 0.4) is 0 Å². The number of hydrogen-bond acceptors (Lipinski definition) is 2. The molecule has 1 aliphatic rings. The predicted molar refractivity (Wildman–Crippen MR) is 75.1 cm³/mol. The van der Waals surface area contributed by atoms with Crippen LogP contribution in [0, 0.1) is 12.7 Å². The van der Waals surface area contributed by atoms with Crippen molar-refractivity contribution in [2.24, 2.45) is 0 Å². The number of halogens is 1. The summed E-state index contributed by atoms with van der Waals surface area (Å²) in [5.41, 5.74) is 2.13. The van der Waals surface area contributed by atoms with Crippen LogP contribution in [0.5, 0.6) is 5.75 Å². The van der Waals surface area contributed by atoms with Crippen LogP contribution in [0.1, 0.15) is 36.1 Å². The second-order valence-corrected chi connectivity index (χ2v) is 5.60. The van der Waals surface area contributed by atoms with E-state index in [0.717, 1.165) is 11.1 Å². The number of rotatable bonds is 1. The Bertz CT molecular complexity index is 653. The minimum absolute atomic E-state index is 0.357. The maximum absolute atomic E-state index is 13.4. The lowest BCUT2D eigenvalue weighted by Gasteiger charge is -2.38. The van der Waals surface area contributed by atoms with Crippen molar-refractivity contribution >= 4 is 0 Å². The molecule has 0 bridgehead atoms. The normalized spacial score (nSPS) is 24.9. The van der Waals surface area contributed by atoms with E-state index >= 15 is 0 Å². The van der Waals surface area contributed by atoms with Crippen LogP contribution >= 0.6 is 0 Å². The molecule has 20 heavy (non-hydrogen) atoms. The zero-order valence-electron chi connectivity index (χ0n) is 11.6. The Balaban J connectivity index is 2.05. The van der Waals surface area contributed by atoms with Crippen LogP contribution < -0.4 is 4.74 Å². The minimum atomic E-state index is -0.648. The number of ether oxygens (including phenoxy) is 1. The molecule has 3 heteroatoms. The van der Waals surface area contributed by atoms with Gasteiger partial charge in [0.1, 0.15) is 17.2 Å². The minimum Gasteiger partial charge on any atom is -0.482 e. The first-order chi connectivity index (χ1) is 9.48. The largest absolute Gasteiger partial charge is 0.482 e. The monoisotopic (exact) mass is 272 g/mol. The van der Waals surface area contributed by atoms with Crippen molar-refractivity contribution in [2.75, 3.05) is 0 Å². The molecule has 1 heterocycles. The van der Waals surface area contributed by atoms with Crippen LogP contribution in [0.25, 0.3) is 0 Å². The molecule has 1 N–H and O–H groups in total. The van der Waals surface area contributed by atoms with E-state index in [1.54, 1.807) is 6.07 Å². The van der Waals surface area contributed by atoms with Gasteiger partial charge in [-0.1, -0.05) is 29.8 Å². The predicted octanol–water partition coefficient (Wildman–Crippen LogP) is 3.87. The molecule has 0 aromatic heterocycles.